The molecule has 0 aromatic heterocycles. The van der Waals surface area contributed by atoms with Crippen molar-refractivity contribution in [3.05, 3.63) is 59.7 Å². The molecule has 1 heteroatoms. The largest absolute Gasteiger partial charge is 0.290 e. The second-order valence-corrected chi connectivity index (χ2v) is 4.77. The van der Waals surface area contributed by atoms with Gasteiger partial charge >= 0.3 is 0 Å². The maximum Gasteiger partial charge on any atom is 0.0443 e. The smallest absolute Gasteiger partial charge is 0.0443 e. The van der Waals surface area contributed by atoms with Gasteiger partial charge in [0.25, 0.3) is 0 Å². The number of hydrogen-bond acceptors (Lipinski definition) is 1. The summed E-state index contributed by atoms with van der Waals surface area (Å²) in [5.41, 5.74) is 5.01. The van der Waals surface area contributed by atoms with Gasteiger partial charge in [-0.1, -0.05) is 48.5 Å². The van der Waals surface area contributed by atoms with E-state index in [2.05, 4.69) is 74.3 Å². The molecule has 0 radical (unpaired) electrons. The lowest BCUT2D eigenvalue weighted by Crippen LogP contribution is -1.94. The van der Waals surface area contributed by atoms with E-state index in [1.807, 2.05) is 6.21 Å². The predicted molar refractivity (Wildman–Crippen MR) is 79.3 cm³/mol. The molecular weight excluding hydrogens is 218 g/mol. The Labute approximate surface area is 109 Å². The van der Waals surface area contributed by atoms with Crippen molar-refractivity contribution >= 4 is 6.21 Å². The Morgan fingerprint density at radius 3 is 2.17 bits per heavy atom. The molecule has 0 aliphatic rings. The standard InChI is InChI=1S/C17H19N/c1-13(2)18-12-15-9-5-7-11-17(15)16-10-6-4-8-14(16)3/h4-13H,1-3H3. The van der Waals surface area contributed by atoms with Crippen molar-refractivity contribution < 1.29 is 0 Å². The van der Waals surface area contributed by atoms with Crippen LogP contribution in [0.15, 0.2) is 53.5 Å². The third-order valence-electron chi connectivity index (χ3n) is 2.91. The summed E-state index contributed by atoms with van der Waals surface area (Å²) in [5, 5.41) is 0. The van der Waals surface area contributed by atoms with Crippen LogP contribution in [-0.4, -0.2) is 12.3 Å². The molecule has 0 heterocycles. The first kappa shape index (κ1) is 12.6. The lowest BCUT2D eigenvalue weighted by Gasteiger charge is -2.09. The van der Waals surface area contributed by atoms with Crippen molar-refractivity contribution in [2.75, 3.05) is 0 Å². The van der Waals surface area contributed by atoms with E-state index in [1.165, 1.54) is 22.3 Å². The average Bonchev–Trinajstić information content (AvgIpc) is 2.37. The van der Waals surface area contributed by atoms with Crippen molar-refractivity contribution in [3.8, 4) is 11.1 Å². The summed E-state index contributed by atoms with van der Waals surface area (Å²) in [4.78, 5) is 4.49. The minimum Gasteiger partial charge on any atom is -0.290 e. The molecule has 0 amide bonds. The van der Waals surface area contributed by atoms with Crippen LogP contribution in [0, 0.1) is 6.92 Å². The van der Waals surface area contributed by atoms with Crippen LogP contribution >= 0.6 is 0 Å². The molecule has 0 unspecified atom stereocenters. The SMILES string of the molecule is Cc1ccccc1-c1ccccc1C=NC(C)C. The average molecular weight is 237 g/mol. The Morgan fingerprint density at radius 2 is 1.50 bits per heavy atom. The molecule has 0 atom stereocenters. The first-order valence-corrected chi connectivity index (χ1v) is 6.36. The van der Waals surface area contributed by atoms with Crippen LogP contribution < -0.4 is 0 Å². The van der Waals surface area contributed by atoms with Crippen molar-refractivity contribution in [1.29, 1.82) is 0 Å². The molecule has 0 saturated heterocycles. The summed E-state index contributed by atoms with van der Waals surface area (Å²) >= 11 is 0. The van der Waals surface area contributed by atoms with Gasteiger partial charge in [-0.15, -0.1) is 0 Å². The number of nitrogens with zero attached hydrogens (tertiary/aromatic N) is 1. The van der Waals surface area contributed by atoms with Crippen LogP contribution in [0.25, 0.3) is 11.1 Å². The van der Waals surface area contributed by atoms with Crippen molar-refractivity contribution in [1.82, 2.24) is 0 Å². The number of aryl methyl sites for hydroxylation is 1. The topological polar surface area (TPSA) is 12.4 Å². The number of aliphatic imine (C=N–C) groups is 1. The number of rotatable bonds is 3. The summed E-state index contributed by atoms with van der Waals surface area (Å²) in [7, 11) is 0. The molecule has 0 aliphatic carbocycles. The lowest BCUT2D eigenvalue weighted by atomic mass is 9.96. The summed E-state index contributed by atoms with van der Waals surface area (Å²) in [6, 6.07) is 17.2. The van der Waals surface area contributed by atoms with Gasteiger partial charge in [0, 0.05) is 17.8 Å². The Bertz CT molecular complexity index is 553. The van der Waals surface area contributed by atoms with E-state index in [-0.39, 0.29) is 0 Å². The lowest BCUT2D eigenvalue weighted by molar-refractivity contribution is 0.841. The van der Waals surface area contributed by atoms with Gasteiger partial charge < -0.3 is 0 Å². The van der Waals surface area contributed by atoms with E-state index in [4.69, 9.17) is 0 Å². The van der Waals surface area contributed by atoms with Gasteiger partial charge in [-0.05, 0) is 37.5 Å². The van der Waals surface area contributed by atoms with E-state index in [1.54, 1.807) is 0 Å². The molecule has 92 valence electrons. The predicted octanol–water partition coefficient (Wildman–Crippen LogP) is 4.49. The second-order valence-electron chi connectivity index (χ2n) is 4.77. The van der Waals surface area contributed by atoms with Gasteiger partial charge in [-0.3, -0.25) is 4.99 Å². The molecule has 2 aromatic carbocycles. The Morgan fingerprint density at radius 1 is 0.889 bits per heavy atom. The Hall–Kier alpha value is -1.89. The summed E-state index contributed by atoms with van der Waals surface area (Å²) in [6.45, 7) is 6.32. The molecule has 0 spiro atoms. The monoisotopic (exact) mass is 237 g/mol. The highest BCUT2D eigenvalue weighted by molar-refractivity contribution is 5.91. The highest BCUT2D eigenvalue weighted by Crippen LogP contribution is 2.25. The maximum absolute atomic E-state index is 4.49. The van der Waals surface area contributed by atoms with Crippen molar-refractivity contribution in [2.24, 2.45) is 4.99 Å². The molecule has 0 saturated carbocycles. The Balaban J connectivity index is 2.49. The van der Waals surface area contributed by atoms with Crippen LogP contribution in [0.2, 0.25) is 0 Å². The van der Waals surface area contributed by atoms with Gasteiger partial charge in [-0.2, -0.15) is 0 Å². The third-order valence-corrected chi connectivity index (χ3v) is 2.91. The Kier molecular flexibility index (Phi) is 3.93. The molecule has 1 nitrogen and oxygen atoms in total. The third kappa shape index (κ3) is 2.86. The quantitative estimate of drug-likeness (QED) is 0.697. The van der Waals surface area contributed by atoms with Crippen molar-refractivity contribution in [2.45, 2.75) is 26.8 Å². The van der Waals surface area contributed by atoms with Gasteiger partial charge in [0.15, 0.2) is 0 Å². The summed E-state index contributed by atoms with van der Waals surface area (Å²) in [5.74, 6) is 0. The van der Waals surface area contributed by atoms with E-state index in [9.17, 15) is 0 Å². The zero-order valence-electron chi connectivity index (χ0n) is 11.2. The summed E-state index contributed by atoms with van der Waals surface area (Å²) in [6.07, 6.45) is 1.98. The van der Waals surface area contributed by atoms with Crippen LogP contribution in [0.4, 0.5) is 0 Å². The molecule has 18 heavy (non-hydrogen) atoms. The summed E-state index contributed by atoms with van der Waals surface area (Å²) < 4.78 is 0. The fourth-order valence-corrected chi connectivity index (χ4v) is 1.96. The highest BCUT2D eigenvalue weighted by atomic mass is 14.7. The first-order chi connectivity index (χ1) is 8.68. The van der Waals surface area contributed by atoms with Crippen LogP contribution in [0.3, 0.4) is 0 Å². The second kappa shape index (κ2) is 5.63. The van der Waals surface area contributed by atoms with Gasteiger partial charge in [-0.25, -0.2) is 0 Å². The van der Waals surface area contributed by atoms with Gasteiger partial charge in [0.1, 0.15) is 0 Å². The van der Waals surface area contributed by atoms with Crippen LogP contribution in [-0.2, 0) is 0 Å². The molecular formula is C17H19N. The van der Waals surface area contributed by atoms with E-state index >= 15 is 0 Å². The maximum atomic E-state index is 4.49. The van der Waals surface area contributed by atoms with Crippen molar-refractivity contribution in [3.63, 3.8) is 0 Å². The molecule has 0 bridgehead atoms. The van der Waals surface area contributed by atoms with E-state index < -0.39 is 0 Å². The van der Waals surface area contributed by atoms with E-state index in [0.29, 0.717) is 6.04 Å². The normalized spacial score (nSPS) is 11.3. The fourth-order valence-electron chi connectivity index (χ4n) is 1.96. The van der Waals surface area contributed by atoms with Gasteiger partial charge in [0.2, 0.25) is 0 Å². The molecule has 0 aliphatic heterocycles. The number of benzene rings is 2. The zero-order valence-corrected chi connectivity index (χ0v) is 11.2. The molecule has 0 N–H and O–H groups in total. The minimum atomic E-state index is 0.329. The first-order valence-electron chi connectivity index (χ1n) is 6.36. The van der Waals surface area contributed by atoms with Crippen LogP contribution in [0.5, 0.6) is 0 Å². The molecule has 2 rings (SSSR count). The number of hydrogen-bond donors (Lipinski definition) is 0. The minimum absolute atomic E-state index is 0.329. The fraction of sp³-hybridized carbons (Fsp3) is 0.235. The molecule has 2 aromatic rings. The van der Waals surface area contributed by atoms with Gasteiger partial charge in [0.05, 0.1) is 0 Å². The zero-order chi connectivity index (χ0) is 13.0. The van der Waals surface area contributed by atoms with E-state index in [0.717, 1.165) is 0 Å². The van der Waals surface area contributed by atoms with Crippen LogP contribution in [0.1, 0.15) is 25.0 Å². The molecule has 0 fully saturated rings. The highest BCUT2D eigenvalue weighted by Gasteiger charge is 2.04.